The Bertz CT molecular complexity index is 1230. The van der Waals surface area contributed by atoms with Crippen molar-refractivity contribution in [2.45, 2.75) is 25.3 Å². The van der Waals surface area contributed by atoms with Gasteiger partial charge in [-0.05, 0) is 65.6 Å². The fourth-order valence-electron chi connectivity index (χ4n) is 4.25. The topological polar surface area (TPSA) is 115 Å². The minimum atomic E-state index is -1.06. The summed E-state index contributed by atoms with van der Waals surface area (Å²) in [4.78, 5) is 18.8. The van der Waals surface area contributed by atoms with Crippen LogP contribution in [0.3, 0.4) is 0 Å². The number of pyridine rings is 1. The third-order valence-electron chi connectivity index (χ3n) is 6.04. The number of rotatable bonds is 4. The highest BCUT2D eigenvalue weighted by atomic mass is 19.2. The molecule has 33 heavy (non-hydrogen) atoms. The van der Waals surface area contributed by atoms with Crippen LogP contribution in [-0.2, 0) is 4.79 Å². The second-order valence-corrected chi connectivity index (χ2v) is 8.06. The molecule has 0 radical (unpaired) electrons. The van der Waals surface area contributed by atoms with Gasteiger partial charge in [-0.25, -0.2) is 13.8 Å². The number of nitrogen functional groups attached to an aromatic ring is 1. The van der Waals surface area contributed by atoms with Crippen molar-refractivity contribution in [2.24, 2.45) is 0 Å². The molecular weight excluding hydrogens is 430 g/mol. The Labute approximate surface area is 188 Å². The molecule has 1 aromatic carbocycles. The van der Waals surface area contributed by atoms with Crippen molar-refractivity contribution >= 4 is 17.3 Å². The first-order chi connectivity index (χ1) is 16.0. The van der Waals surface area contributed by atoms with Gasteiger partial charge >= 0.3 is 0 Å². The van der Waals surface area contributed by atoms with E-state index in [9.17, 15) is 13.6 Å². The van der Waals surface area contributed by atoms with Crippen molar-refractivity contribution in [1.29, 1.82) is 0 Å². The van der Waals surface area contributed by atoms with E-state index in [2.05, 4.69) is 25.8 Å². The number of nitrogens with zero attached hydrogens (tertiary/aromatic N) is 6. The molecule has 9 nitrogen and oxygen atoms in total. The summed E-state index contributed by atoms with van der Waals surface area (Å²) in [6.07, 6.45) is 6.20. The summed E-state index contributed by atoms with van der Waals surface area (Å²) < 4.78 is 29.2. The Morgan fingerprint density at radius 3 is 2.91 bits per heavy atom. The van der Waals surface area contributed by atoms with Gasteiger partial charge in [-0.2, -0.15) is 4.68 Å². The second kappa shape index (κ2) is 8.66. The minimum absolute atomic E-state index is 0.0909. The van der Waals surface area contributed by atoms with Crippen LogP contribution in [0.25, 0.3) is 22.6 Å². The van der Waals surface area contributed by atoms with Crippen molar-refractivity contribution in [2.75, 3.05) is 25.4 Å². The first kappa shape index (κ1) is 21.1. The second-order valence-electron chi connectivity index (χ2n) is 8.06. The first-order valence-electron chi connectivity index (χ1n) is 10.7. The number of carbonyl (C=O) groups is 1. The van der Waals surface area contributed by atoms with Gasteiger partial charge in [-0.1, -0.05) is 12.1 Å². The lowest BCUT2D eigenvalue weighted by molar-refractivity contribution is -0.132. The van der Waals surface area contributed by atoms with Crippen molar-refractivity contribution in [3.8, 4) is 17.1 Å². The molecule has 4 heterocycles. The maximum atomic E-state index is 14.4. The number of anilines is 1. The summed E-state index contributed by atoms with van der Waals surface area (Å²) in [6, 6.07) is 5.46. The molecule has 0 aliphatic carbocycles. The number of benzene rings is 1. The predicted octanol–water partition coefficient (Wildman–Crippen LogP) is 1.95. The van der Waals surface area contributed by atoms with Crippen LogP contribution in [0.15, 0.2) is 36.5 Å². The van der Waals surface area contributed by atoms with Crippen molar-refractivity contribution in [3.05, 3.63) is 53.7 Å². The predicted molar refractivity (Wildman–Crippen MR) is 117 cm³/mol. The molecule has 1 amide bonds. The Morgan fingerprint density at radius 1 is 1.27 bits per heavy atom. The molecule has 0 spiro atoms. The lowest BCUT2D eigenvalue weighted by Crippen LogP contribution is -2.45. The van der Waals surface area contributed by atoms with Crippen LogP contribution in [0.1, 0.15) is 24.8 Å². The van der Waals surface area contributed by atoms with Crippen LogP contribution in [-0.4, -0.2) is 61.7 Å². The molecule has 0 unspecified atom stereocenters. The Balaban J connectivity index is 1.43. The lowest BCUT2D eigenvalue weighted by Gasteiger charge is -2.29. The molecule has 170 valence electrons. The van der Waals surface area contributed by atoms with E-state index in [1.165, 1.54) is 12.1 Å². The third kappa shape index (κ3) is 3.95. The maximum Gasteiger partial charge on any atom is 0.239 e. The summed E-state index contributed by atoms with van der Waals surface area (Å²) in [5, 5.41) is 14.7. The van der Waals surface area contributed by atoms with E-state index >= 15 is 0 Å². The number of nitrogens with one attached hydrogen (secondary N) is 1. The molecule has 2 aliphatic rings. The van der Waals surface area contributed by atoms with Crippen LogP contribution in [0.4, 0.5) is 14.6 Å². The molecule has 5 rings (SSSR count). The van der Waals surface area contributed by atoms with Crippen molar-refractivity contribution in [3.63, 3.8) is 0 Å². The zero-order chi connectivity index (χ0) is 22.9. The maximum absolute atomic E-state index is 14.4. The molecule has 1 saturated heterocycles. The molecule has 1 fully saturated rings. The van der Waals surface area contributed by atoms with Gasteiger partial charge in [-0.15, -0.1) is 5.10 Å². The van der Waals surface area contributed by atoms with E-state index in [0.717, 1.165) is 41.3 Å². The van der Waals surface area contributed by atoms with Crippen molar-refractivity contribution in [1.82, 2.24) is 35.4 Å². The molecule has 1 atom stereocenters. The van der Waals surface area contributed by atoms with E-state index in [1.807, 2.05) is 11.0 Å². The van der Waals surface area contributed by atoms with E-state index in [1.54, 1.807) is 12.3 Å². The van der Waals surface area contributed by atoms with E-state index in [4.69, 9.17) is 5.73 Å². The Morgan fingerprint density at radius 2 is 2.15 bits per heavy atom. The highest BCUT2D eigenvalue weighted by Crippen LogP contribution is 2.30. The standard InChI is InChI=1S/C22H22F2N8O/c23-16-3-1-5-18(19(16)24)32-21(28-29-30-32)15-11-14(12-27-20(15)25)13-6-9-31(10-7-13)22(33)17-4-2-8-26-17/h1,3,5-6,11-12,17,26H,2,4,7-10H2,(H2,25,27)/t17-/m0/s1. The molecular formula is C22H22F2N8O. The Kier molecular flexibility index (Phi) is 5.55. The van der Waals surface area contributed by atoms with Crippen LogP contribution >= 0.6 is 0 Å². The number of carbonyl (C=O) groups excluding carboxylic acids is 1. The molecule has 3 aromatic rings. The van der Waals surface area contributed by atoms with Crippen molar-refractivity contribution < 1.29 is 13.6 Å². The highest BCUT2D eigenvalue weighted by molar-refractivity contribution is 5.84. The molecule has 0 saturated carbocycles. The third-order valence-corrected chi connectivity index (χ3v) is 6.04. The van der Waals surface area contributed by atoms with Crippen LogP contribution in [0, 0.1) is 11.6 Å². The number of hydrogen-bond donors (Lipinski definition) is 2. The lowest BCUT2D eigenvalue weighted by atomic mass is 9.98. The number of amides is 1. The van der Waals surface area contributed by atoms with Gasteiger partial charge in [0.1, 0.15) is 11.5 Å². The normalized spacial score (nSPS) is 18.4. The number of halogens is 2. The first-order valence-corrected chi connectivity index (χ1v) is 10.7. The van der Waals surface area contributed by atoms with Gasteiger partial charge in [0.15, 0.2) is 17.5 Å². The summed E-state index contributed by atoms with van der Waals surface area (Å²) >= 11 is 0. The smallest absolute Gasteiger partial charge is 0.239 e. The summed E-state index contributed by atoms with van der Waals surface area (Å²) in [5.74, 6) is -1.63. The number of tetrazole rings is 1. The Hall–Kier alpha value is -3.73. The van der Waals surface area contributed by atoms with Crippen LogP contribution in [0.2, 0.25) is 0 Å². The fourth-order valence-corrected chi connectivity index (χ4v) is 4.25. The number of aromatic nitrogens is 5. The van der Waals surface area contributed by atoms with Gasteiger partial charge in [0.2, 0.25) is 5.91 Å². The van der Waals surface area contributed by atoms with Gasteiger partial charge < -0.3 is 16.0 Å². The van der Waals surface area contributed by atoms with Gasteiger partial charge in [0.05, 0.1) is 11.6 Å². The number of nitrogens with two attached hydrogens (primary N) is 1. The van der Waals surface area contributed by atoms with Gasteiger partial charge in [0, 0.05) is 19.3 Å². The van der Waals surface area contributed by atoms with Crippen LogP contribution in [0.5, 0.6) is 0 Å². The largest absolute Gasteiger partial charge is 0.383 e. The molecule has 3 N–H and O–H groups in total. The summed E-state index contributed by atoms with van der Waals surface area (Å²) in [7, 11) is 0. The fraction of sp³-hybridized carbons (Fsp3) is 0.318. The van der Waals surface area contributed by atoms with Gasteiger partial charge in [-0.3, -0.25) is 4.79 Å². The molecule has 11 heteroatoms. The zero-order valence-electron chi connectivity index (χ0n) is 17.7. The zero-order valence-corrected chi connectivity index (χ0v) is 17.7. The highest BCUT2D eigenvalue weighted by Gasteiger charge is 2.28. The quantitative estimate of drug-likeness (QED) is 0.622. The summed E-state index contributed by atoms with van der Waals surface area (Å²) in [6.45, 7) is 2.00. The van der Waals surface area contributed by atoms with E-state index in [0.29, 0.717) is 25.1 Å². The minimum Gasteiger partial charge on any atom is -0.383 e. The monoisotopic (exact) mass is 452 g/mol. The molecule has 0 bridgehead atoms. The average Bonchev–Trinajstić information content (AvgIpc) is 3.53. The van der Waals surface area contributed by atoms with Crippen LogP contribution < -0.4 is 11.1 Å². The molecule has 2 aromatic heterocycles. The summed E-state index contributed by atoms with van der Waals surface area (Å²) in [5.41, 5.74) is 8.18. The number of hydrogen-bond acceptors (Lipinski definition) is 7. The van der Waals surface area contributed by atoms with E-state index < -0.39 is 11.6 Å². The van der Waals surface area contributed by atoms with E-state index in [-0.39, 0.29) is 29.3 Å². The average molecular weight is 452 g/mol. The SMILES string of the molecule is Nc1ncc(C2=CCN(C(=O)[C@@H]3CCCN3)CC2)cc1-c1nnnn1-c1cccc(F)c1F. The van der Waals surface area contributed by atoms with Gasteiger partial charge in [0.25, 0.3) is 0 Å². The molecule has 2 aliphatic heterocycles.